The first-order valence-electron chi connectivity index (χ1n) is 19.8. The van der Waals surface area contributed by atoms with E-state index in [4.69, 9.17) is 6.85 Å². The normalized spacial score (nSPS) is 17.5. The minimum Gasteiger partial charge on any atom is -0.383 e. The highest BCUT2D eigenvalue weighted by molar-refractivity contribution is 7.98. The number of carbonyl (C=O) groups is 1. The Labute approximate surface area is 317 Å². The molecule has 1 aliphatic rings. The molecule has 1 saturated heterocycles. The first-order chi connectivity index (χ1) is 27.6. The number of methoxy groups -OCH3 is 1. The molecule has 6 rings (SSSR count). The zero-order valence-electron chi connectivity index (χ0n) is 34.6. The lowest BCUT2D eigenvalue weighted by atomic mass is 9.96. The lowest BCUT2D eigenvalue weighted by Crippen LogP contribution is -2.49. The molecule has 1 aromatic heterocycles. The van der Waals surface area contributed by atoms with Gasteiger partial charge in [-0.25, -0.2) is 8.78 Å². The Morgan fingerprint density at radius 2 is 1.68 bits per heavy atom. The molecule has 0 radical (unpaired) electrons. The van der Waals surface area contributed by atoms with Gasteiger partial charge in [-0.15, -0.1) is 11.8 Å². The fourth-order valence-electron chi connectivity index (χ4n) is 6.63. The summed E-state index contributed by atoms with van der Waals surface area (Å²) in [5.41, 5.74) is 0.768. The number of fused-ring (bicyclic) bond motifs is 1. The first kappa shape index (κ1) is 30.9. The van der Waals surface area contributed by atoms with Gasteiger partial charge in [0.1, 0.15) is 6.54 Å². The average molecular weight is 756 g/mol. The van der Waals surface area contributed by atoms with Gasteiger partial charge in [0.05, 0.1) is 36.9 Å². The van der Waals surface area contributed by atoms with Gasteiger partial charge in [0.2, 0.25) is 5.91 Å². The molecule has 12 heteroatoms. The molecular weight excluding hydrogens is 710 g/mol. The fourth-order valence-corrected chi connectivity index (χ4v) is 7.66. The number of amides is 1. The van der Waals surface area contributed by atoms with Crippen molar-refractivity contribution in [1.82, 2.24) is 14.4 Å². The van der Waals surface area contributed by atoms with Crippen molar-refractivity contribution in [3.05, 3.63) is 136 Å². The van der Waals surface area contributed by atoms with Gasteiger partial charge >= 0.3 is 6.18 Å². The van der Waals surface area contributed by atoms with E-state index in [1.165, 1.54) is 35.2 Å². The van der Waals surface area contributed by atoms with Crippen molar-refractivity contribution in [2.75, 3.05) is 33.2 Å². The van der Waals surface area contributed by atoms with Gasteiger partial charge in [0.15, 0.2) is 17.1 Å². The number of aromatic nitrogens is 1. The summed E-state index contributed by atoms with van der Waals surface area (Å²) < 4.78 is 123. The van der Waals surface area contributed by atoms with Crippen molar-refractivity contribution < 1.29 is 39.7 Å². The molecule has 2 heterocycles. The van der Waals surface area contributed by atoms with Crippen LogP contribution in [0.3, 0.4) is 0 Å². The lowest BCUT2D eigenvalue weighted by molar-refractivity contribution is -0.138. The SMILES string of the molecule is [2H]C([2H])([2H])OC([2H])([2H])CN1CCC(N(C(=O)Cn2c(SCc3cccc(F)c3F)cc(=O)c3ccccc32)C([2H])(C)c2ccc(-c3ccc(C(F)(F)F)cc3)cc2)CC1. The minimum atomic E-state index is -4.50. The first-order valence-corrected chi connectivity index (χ1v) is 17.8. The second-order valence-electron chi connectivity index (χ2n) is 12.7. The fraction of sp³-hybridized carbons (Fsp3) is 0.317. The second-order valence-corrected chi connectivity index (χ2v) is 13.7. The number of likely N-dealkylation sites (tertiary alicyclic amines) is 1. The number of para-hydroxylation sites is 1. The summed E-state index contributed by atoms with van der Waals surface area (Å²) >= 11 is 1.04. The summed E-state index contributed by atoms with van der Waals surface area (Å²) in [5, 5.41) is 0.604. The van der Waals surface area contributed by atoms with E-state index in [0.717, 1.165) is 30.0 Å². The van der Waals surface area contributed by atoms with Crippen molar-refractivity contribution >= 4 is 28.6 Å². The predicted molar refractivity (Wildman–Crippen MR) is 198 cm³/mol. The number of carbonyl (C=O) groups excluding carboxylic acids is 1. The number of nitrogens with zero attached hydrogens (tertiary/aromatic N) is 3. The van der Waals surface area contributed by atoms with Gasteiger partial charge in [-0.05, 0) is 66.8 Å². The molecule has 4 aromatic carbocycles. The molecule has 5 aromatic rings. The van der Waals surface area contributed by atoms with Crippen LogP contribution in [0.5, 0.6) is 0 Å². The molecule has 6 nitrogen and oxygen atoms in total. The van der Waals surface area contributed by atoms with Crippen LogP contribution in [0.25, 0.3) is 22.0 Å². The molecule has 1 amide bonds. The Bertz CT molecular complexity index is 2350. The summed E-state index contributed by atoms with van der Waals surface area (Å²) in [5.74, 6) is -2.66. The topological polar surface area (TPSA) is 54.8 Å². The van der Waals surface area contributed by atoms with Crippen molar-refractivity contribution in [1.29, 1.82) is 0 Å². The summed E-state index contributed by atoms with van der Waals surface area (Å²) in [6, 6.07) is 20.6. The van der Waals surface area contributed by atoms with E-state index in [0.29, 0.717) is 32.6 Å². The van der Waals surface area contributed by atoms with Gasteiger partial charge in [-0.3, -0.25) is 9.59 Å². The Morgan fingerprint density at radius 3 is 2.36 bits per heavy atom. The van der Waals surface area contributed by atoms with Crippen LogP contribution in [0.15, 0.2) is 107 Å². The molecule has 1 atom stereocenters. The highest BCUT2D eigenvalue weighted by Gasteiger charge is 2.33. The van der Waals surface area contributed by atoms with E-state index < -0.39 is 54.9 Å². The van der Waals surface area contributed by atoms with Crippen LogP contribution < -0.4 is 5.43 Å². The zero-order valence-corrected chi connectivity index (χ0v) is 29.4. The molecule has 0 aliphatic carbocycles. The lowest BCUT2D eigenvalue weighted by Gasteiger charge is -2.42. The number of pyridine rings is 1. The van der Waals surface area contributed by atoms with Crippen molar-refractivity contribution in [3.63, 3.8) is 0 Å². The third-order valence-corrected chi connectivity index (χ3v) is 10.5. The highest BCUT2D eigenvalue weighted by Crippen LogP contribution is 2.34. The number of piperidine rings is 1. The zero-order chi connectivity index (χ0) is 42.9. The summed E-state index contributed by atoms with van der Waals surface area (Å²) in [6.45, 7) is -1.24. The van der Waals surface area contributed by atoms with Gasteiger partial charge in [0, 0.05) is 55.5 Å². The predicted octanol–water partition coefficient (Wildman–Crippen LogP) is 8.96. The van der Waals surface area contributed by atoms with E-state index in [1.807, 2.05) is 0 Å². The maximum absolute atomic E-state index is 14.9. The van der Waals surface area contributed by atoms with Crippen molar-refractivity contribution in [3.8, 4) is 11.1 Å². The Balaban J connectivity index is 1.34. The summed E-state index contributed by atoms with van der Waals surface area (Å²) in [4.78, 5) is 31.3. The molecule has 278 valence electrons. The molecule has 0 bridgehead atoms. The third-order valence-electron chi connectivity index (χ3n) is 9.44. The smallest absolute Gasteiger partial charge is 0.383 e. The maximum atomic E-state index is 14.9. The molecule has 0 N–H and O–H groups in total. The molecule has 1 fully saturated rings. The molecule has 1 aliphatic heterocycles. The van der Waals surface area contributed by atoms with Crippen LogP contribution in [-0.4, -0.2) is 59.5 Å². The standard InChI is InChI=1S/C41H40F5N3O3S/c1-27(28-10-12-29(13-11-28)30-14-16-32(17-15-30)41(44,45)46)49(33-18-20-47(21-19-33)22-23-52-2)38(51)25-48-36-9-4-3-7-34(36)37(50)24-39(48)53-26-31-6-5-8-35(42)40(31)43/h3-17,24,27,33H,18-23,25-26H2,1-2H3/i2D3,23D2,27D. The number of hydrogen-bond donors (Lipinski definition) is 0. The third kappa shape index (κ3) is 8.83. The van der Waals surface area contributed by atoms with E-state index in [2.05, 4.69) is 4.74 Å². The average Bonchev–Trinajstić information content (AvgIpc) is 3.16. The van der Waals surface area contributed by atoms with Crippen LogP contribution in [-0.2, 0) is 28.0 Å². The van der Waals surface area contributed by atoms with Gasteiger partial charge in [-0.1, -0.05) is 60.7 Å². The highest BCUT2D eigenvalue weighted by atomic mass is 32.2. The van der Waals surface area contributed by atoms with Gasteiger partial charge in [0.25, 0.3) is 0 Å². The van der Waals surface area contributed by atoms with E-state index in [-0.39, 0.29) is 55.8 Å². The maximum Gasteiger partial charge on any atom is 0.416 e. The van der Waals surface area contributed by atoms with Crippen molar-refractivity contribution in [2.24, 2.45) is 0 Å². The Morgan fingerprint density at radius 1 is 1.00 bits per heavy atom. The number of thioether (sulfide) groups is 1. The molecular formula is C41H40F5N3O3S. The molecule has 0 saturated carbocycles. The van der Waals surface area contributed by atoms with E-state index in [9.17, 15) is 32.9 Å². The van der Waals surface area contributed by atoms with Crippen LogP contribution >= 0.6 is 11.8 Å². The molecule has 0 spiro atoms. The van der Waals surface area contributed by atoms with Crippen LogP contribution in [0.1, 0.15) is 50.7 Å². The largest absolute Gasteiger partial charge is 0.416 e. The van der Waals surface area contributed by atoms with Crippen LogP contribution in [0.2, 0.25) is 0 Å². The molecule has 1 unspecified atom stereocenters. The van der Waals surface area contributed by atoms with E-state index >= 15 is 0 Å². The second kappa shape index (κ2) is 16.7. The Hall–Kier alpha value is -4.52. The number of benzene rings is 4. The Kier molecular flexibility index (Phi) is 9.71. The number of hydrogen-bond acceptors (Lipinski definition) is 5. The number of ether oxygens (including phenoxy) is 1. The monoisotopic (exact) mass is 755 g/mol. The number of halogens is 5. The minimum absolute atomic E-state index is 0.0500. The van der Waals surface area contributed by atoms with Crippen LogP contribution in [0, 0.1) is 11.6 Å². The van der Waals surface area contributed by atoms with Crippen molar-refractivity contribution in [2.45, 2.75) is 55.3 Å². The summed E-state index contributed by atoms with van der Waals surface area (Å²) in [7, 11) is -2.96. The molecule has 53 heavy (non-hydrogen) atoms. The van der Waals surface area contributed by atoms with Crippen LogP contribution in [0.4, 0.5) is 22.0 Å². The van der Waals surface area contributed by atoms with Gasteiger partial charge in [-0.2, -0.15) is 13.2 Å². The van der Waals surface area contributed by atoms with E-state index in [1.54, 1.807) is 64.9 Å². The van der Waals surface area contributed by atoms with Gasteiger partial charge < -0.3 is 19.1 Å². The quantitative estimate of drug-likeness (QED) is 0.0941. The summed E-state index contributed by atoms with van der Waals surface area (Å²) in [6.07, 6.45) is -3.98. The number of alkyl halides is 3. The number of rotatable bonds is 12.